The number of pyridine rings is 1. The van der Waals surface area contributed by atoms with Crippen LogP contribution >= 0.6 is 0 Å². The number of rotatable bonds is 4. The minimum atomic E-state index is 0.813. The lowest BCUT2D eigenvalue weighted by Gasteiger charge is -2.10. The van der Waals surface area contributed by atoms with E-state index >= 15 is 0 Å². The Balaban J connectivity index is 1.91. The monoisotopic (exact) mass is 242 g/mol. The Kier molecular flexibility index (Phi) is 2.82. The number of methoxy groups -OCH3 is 1. The first-order valence-electron chi connectivity index (χ1n) is 6.45. The lowest BCUT2D eigenvalue weighted by atomic mass is 10.1. The van der Waals surface area contributed by atoms with Crippen LogP contribution in [0.2, 0.25) is 0 Å². The standard InChI is InChI=1S/C15H18N2O/c1-10-8-11(10)9-17-15-13-4-3-5-14(18-2)12(13)6-7-16-15/h3-7,10-11H,8-9H2,1-2H3,(H,16,17). The highest BCUT2D eigenvalue weighted by molar-refractivity contribution is 5.95. The fourth-order valence-electron chi connectivity index (χ4n) is 2.41. The molecule has 3 heteroatoms. The number of aromatic nitrogens is 1. The van der Waals surface area contributed by atoms with Crippen molar-refractivity contribution in [3.8, 4) is 5.75 Å². The zero-order valence-corrected chi connectivity index (χ0v) is 10.8. The Morgan fingerprint density at radius 2 is 2.17 bits per heavy atom. The molecule has 0 amide bonds. The summed E-state index contributed by atoms with van der Waals surface area (Å²) in [6.07, 6.45) is 3.17. The van der Waals surface area contributed by atoms with E-state index in [0.717, 1.165) is 40.7 Å². The topological polar surface area (TPSA) is 34.1 Å². The van der Waals surface area contributed by atoms with Gasteiger partial charge in [-0.2, -0.15) is 0 Å². The summed E-state index contributed by atoms with van der Waals surface area (Å²) in [6.45, 7) is 3.32. The molecule has 1 aliphatic carbocycles. The fourth-order valence-corrected chi connectivity index (χ4v) is 2.41. The van der Waals surface area contributed by atoms with Crippen molar-refractivity contribution in [1.82, 2.24) is 4.98 Å². The summed E-state index contributed by atoms with van der Waals surface area (Å²) in [6, 6.07) is 8.07. The van der Waals surface area contributed by atoms with Crippen LogP contribution in [0.5, 0.6) is 5.75 Å². The van der Waals surface area contributed by atoms with Crippen LogP contribution in [0, 0.1) is 11.8 Å². The molecule has 0 aliphatic heterocycles. The van der Waals surface area contributed by atoms with E-state index in [4.69, 9.17) is 4.74 Å². The number of nitrogens with one attached hydrogen (secondary N) is 1. The molecule has 0 saturated heterocycles. The van der Waals surface area contributed by atoms with Gasteiger partial charge in [0.15, 0.2) is 0 Å². The molecule has 2 atom stereocenters. The molecule has 1 aromatic carbocycles. The molecule has 18 heavy (non-hydrogen) atoms. The van der Waals surface area contributed by atoms with E-state index in [9.17, 15) is 0 Å². The highest BCUT2D eigenvalue weighted by Crippen LogP contribution is 2.38. The maximum atomic E-state index is 5.38. The Morgan fingerprint density at radius 3 is 2.89 bits per heavy atom. The van der Waals surface area contributed by atoms with Crippen LogP contribution in [-0.2, 0) is 0 Å². The molecule has 2 aromatic rings. The van der Waals surface area contributed by atoms with Gasteiger partial charge in [-0.05, 0) is 30.4 Å². The van der Waals surface area contributed by atoms with Crippen molar-refractivity contribution in [2.24, 2.45) is 11.8 Å². The zero-order chi connectivity index (χ0) is 12.5. The quantitative estimate of drug-likeness (QED) is 0.893. The van der Waals surface area contributed by atoms with E-state index in [1.165, 1.54) is 6.42 Å². The average molecular weight is 242 g/mol. The smallest absolute Gasteiger partial charge is 0.133 e. The average Bonchev–Trinajstić information content (AvgIpc) is 3.11. The molecule has 1 aliphatic rings. The minimum Gasteiger partial charge on any atom is -0.496 e. The number of fused-ring (bicyclic) bond motifs is 1. The van der Waals surface area contributed by atoms with Crippen LogP contribution in [-0.4, -0.2) is 18.6 Å². The molecule has 0 bridgehead atoms. The molecule has 1 fully saturated rings. The third-order valence-electron chi connectivity index (χ3n) is 3.79. The Morgan fingerprint density at radius 1 is 1.33 bits per heavy atom. The Hall–Kier alpha value is -1.77. The van der Waals surface area contributed by atoms with Crippen LogP contribution in [0.25, 0.3) is 10.8 Å². The largest absolute Gasteiger partial charge is 0.496 e. The molecule has 1 aromatic heterocycles. The molecule has 0 radical (unpaired) electrons. The van der Waals surface area contributed by atoms with Gasteiger partial charge in [-0.15, -0.1) is 0 Å². The Bertz CT molecular complexity index is 567. The summed E-state index contributed by atoms with van der Waals surface area (Å²) in [5, 5.41) is 5.71. The third kappa shape index (κ3) is 2.01. The van der Waals surface area contributed by atoms with E-state index in [2.05, 4.69) is 23.3 Å². The summed E-state index contributed by atoms with van der Waals surface area (Å²) >= 11 is 0. The second kappa shape index (κ2) is 4.48. The third-order valence-corrected chi connectivity index (χ3v) is 3.79. The summed E-state index contributed by atoms with van der Waals surface area (Å²) < 4.78 is 5.38. The summed E-state index contributed by atoms with van der Waals surface area (Å²) in [5.41, 5.74) is 0. The van der Waals surface area contributed by atoms with Gasteiger partial charge in [-0.1, -0.05) is 19.1 Å². The summed E-state index contributed by atoms with van der Waals surface area (Å²) in [4.78, 5) is 4.44. The van der Waals surface area contributed by atoms with Gasteiger partial charge in [0, 0.05) is 23.5 Å². The second-order valence-electron chi connectivity index (χ2n) is 5.07. The van der Waals surface area contributed by atoms with Crippen molar-refractivity contribution >= 4 is 16.6 Å². The molecule has 3 rings (SSSR count). The van der Waals surface area contributed by atoms with Crippen LogP contribution in [0.4, 0.5) is 5.82 Å². The molecule has 3 nitrogen and oxygen atoms in total. The van der Waals surface area contributed by atoms with E-state index in [0.29, 0.717) is 0 Å². The lowest BCUT2D eigenvalue weighted by molar-refractivity contribution is 0.420. The highest BCUT2D eigenvalue weighted by Gasteiger charge is 2.32. The van der Waals surface area contributed by atoms with Crippen LogP contribution in [0.15, 0.2) is 30.5 Å². The fraction of sp³-hybridized carbons (Fsp3) is 0.400. The van der Waals surface area contributed by atoms with Gasteiger partial charge in [0.25, 0.3) is 0 Å². The number of nitrogens with zero attached hydrogens (tertiary/aromatic N) is 1. The van der Waals surface area contributed by atoms with Gasteiger partial charge in [0.2, 0.25) is 0 Å². The maximum Gasteiger partial charge on any atom is 0.133 e. The zero-order valence-electron chi connectivity index (χ0n) is 10.8. The molecule has 0 spiro atoms. The second-order valence-corrected chi connectivity index (χ2v) is 5.07. The number of anilines is 1. The van der Waals surface area contributed by atoms with E-state index in [-0.39, 0.29) is 0 Å². The number of benzene rings is 1. The molecular weight excluding hydrogens is 224 g/mol. The first-order valence-corrected chi connectivity index (χ1v) is 6.45. The van der Waals surface area contributed by atoms with Gasteiger partial charge < -0.3 is 10.1 Å². The van der Waals surface area contributed by atoms with Gasteiger partial charge in [-0.3, -0.25) is 0 Å². The van der Waals surface area contributed by atoms with E-state index < -0.39 is 0 Å². The van der Waals surface area contributed by atoms with Crippen molar-refractivity contribution in [3.63, 3.8) is 0 Å². The number of ether oxygens (including phenoxy) is 1. The van der Waals surface area contributed by atoms with Gasteiger partial charge >= 0.3 is 0 Å². The number of hydrogen-bond acceptors (Lipinski definition) is 3. The van der Waals surface area contributed by atoms with E-state index in [1.807, 2.05) is 24.4 Å². The van der Waals surface area contributed by atoms with E-state index in [1.54, 1.807) is 7.11 Å². The normalized spacial score (nSPS) is 21.9. The lowest BCUT2D eigenvalue weighted by Crippen LogP contribution is -2.06. The Labute approximate surface area is 107 Å². The summed E-state index contributed by atoms with van der Waals surface area (Å²) in [5.74, 6) is 3.54. The summed E-state index contributed by atoms with van der Waals surface area (Å²) in [7, 11) is 1.70. The molecular formula is C15H18N2O. The van der Waals surface area contributed by atoms with Crippen molar-refractivity contribution in [2.45, 2.75) is 13.3 Å². The molecule has 1 heterocycles. The van der Waals surface area contributed by atoms with Gasteiger partial charge in [0.05, 0.1) is 7.11 Å². The molecule has 2 unspecified atom stereocenters. The van der Waals surface area contributed by atoms with Crippen LogP contribution in [0.3, 0.4) is 0 Å². The predicted octanol–water partition coefficient (Wildman–Crippen LogP) is 3.31. The van der Waals surface area contributed by atoms with Crippen molar-refractivity contribution < 1.29 is 4.74 Å². The van der Waals surface area contributed by atoms with Crippen molar-refractivity contribution in [2.75, 3.05) is 19.0 Å². The van der Waals surface area contributed by atoms with Gasteiger partial charge in [0.1, 0.15) is 11.6 Å². The van der Waals surface area contributed by atoms with Crippen molar-refractivity contribution in [1.29, 1.82) is 0 Å². The molecule has 94 valence electrons. The minimum absolute atomic E-state index is 0.813. The maximum absolute atomic E-state index is 5.38. The van der Waals surface area contributed by atoms with Crippen molar-refractivity contribution in [3.05, 3.63) is 30.5 Å². The SMILES string of the molecule is COc1cccc2c(NCC3CC3C)nccc12. The first-order chi connectivity index (χ1) is 8.79. The molecule has 1 saturated carbocycles. The van der Waals surface area contributed by atoms with Crippen LogP contribution in [0.1, 0.15) is 13.3 Å². The first kappa shape index (κ1) is 11.3. The molecule has 1 N–H and O–H groups in total. The van der Waals surface area contributed by atoms with Crippen LogP contribution < -0.4 is 10.1 Å². The highest BCUT2D eigenvalue weighted by atomic mass is 16.5. The van der Waals surface area contributed by atoms with Gasteiger partial charge in [-0.25, -0.2) is 4.98 Å². The number of hydrogen-bond donors (Lipinski definition) is 1. The predicted molar refractivity (Wildman–Crippen MR) is 74.1 cm³/mol.